The summed E-state index contributed by atoms with van der Waals surface area (Å²) in [4.78, 5) is 11.0. The molecule has 4 heteroatoms. The third-order valence-electron chi connectivity index (χ3n) is 15.8. The van der Waals surface area contributed by atoms with E-state index in [1.807, 2.05) is 12.1 Å². The summed E-state index contributed by atoms with van der Waals surface area (Å²) in [5, 5.41) is 11.9. The number of nitrogens with zero attached hydrogens (tertiary/aromatic N) is 3. The zero-order chi connectivity index (χ0) is 45.5. The summed E-state index contributed by atoms with van der Waals surface area (Å²) in [6.07, 6.45) is 0. The molecule has 0 amide bonds. The SMILES string of the molecule is CC(C)c1cccc(C(C)C)c1-n1c(-c2cccc(-c3cccc(-c4cc5c(cc4O)C4c6ccccc6C5c5ccccc54)n3)c2)nc2cc3c(cc21)C1c2ccccc2C3c2ccccc21. The van der Waals surface area contributed by atoms with Crippen LogP contribution >= 0.6 is 0 Å². The molecule has 0 aliphatic heterocycles. The van der Waals surface area contributed by atoms with E-state index in [9.17, 15) is 5.11 Å². The van der Waals surface area contributed by atoms with E-state index in [2.05, 4.69) is 202 Å². The Morgan fingerprint density at radius 3 is 1.34 bits per heavy atom. The maximum Gasteiger partial charge on any atom is 0.145 e. The van der Waals surface area contributed by atoms with Crippen LogP contribution in [0.2, 0.25) is 0 Å². The molecule has 2 aromatic heterocycles. The van der Waals surface area contributed by atoms with Crippen molar-refractivity contribution < 1.29 is 5.11 Å². The second-order valence-electron chi connectivity index (χ2n) is 20.1. The third-order valence-corrected chi connectivity index (χ3v) is 15.8. The summed E-state index contributed by atoms with van der Waals surface area (Å²) < 4.78 is 2.48. The van der Waals surface area contributed by atoms with Gasteiger partial charge in [0.1, 0.15) is 11.6 Å². The number of aromatic nitrogens is 3. The van der Waals surface area contributed by atoms with Gasteiger partial charge in [0.2, 0.25) is 0 Å². The minimum atomic E-state index is 0.0888. The number of aromatic hydroxyl groups is 1. The van der Waals surface area contributed by atoms with Crippen LogP contribution in [0.25, 0.3) is 50.6 Å². The lowest BCUT2D eigenvalue weighted by molar-refractivity contribution is 0.475. The van der Waals surface area contributed by atoms with E-state index in [-0.39, 0.29) is 29.4 Å². The van der Waals surface area contributed by atoms with E-state index in [1.165, 1.54) is 83.6 Å². The Balaban J connectivity index is 0.931. The molecular formula is C64H49N3O. The number of hydrogen-bond donors (Lipinski definition) is 1. The van der Waals surface area contributed by atoms with Crippen molar-refractivity contribution in [2.45, 2.75) is 63.2 Å². The summed E-state index contributed by atoms with van der Waals surface area (Å²) in [5.74, 6) is 2.26. The van der Waals surface area contributed by atoms with Crippen LogP contribution in [0, 0.1) is 0 Å². The van der Waals surface area contributed by atoms with E-state index in [0.29, 0.717) is 11.8 Å². The average molecular weight is 876 g/mol. The van der Waals surface area contributed by atoms with Gasteiger partial charge in [0.15, 0.2) is 0 Å². The molecule has 6 aliphatic rings. The van der Waals surface area contributed by atoms with Gasteiger partial charge < -0.3 is 5.11 Å². The minimum absolute atomic E-state index is 0.0888. The Kier molecular flexibility index (Phi) is 8.44. The quantitative estimate of drug-likeness (QED) is 0.181. The predicted molar refractivity (Wildman–Crippen MR) is 275 cm³/mol. The van der Waals surface area contributed by atoms with Gasteiger partial charge in [0.25, 0.3) is 0 Å². The molecule has 16 rings (SSSR count). The molecule has 4 nitrogen and oxygen atoms in total. The summed E-state index contributed by atoms with van der Waals surface area (Å²) in [6, 6.07) is 66.6. The Labute approximate surface area is 397 Å². The molecule has 10 aromatic rings. The standard InChI is InChI=1S/C64H49N3O/c1-35(2)39-26-14-27-40(36(3)4)63(39)67-57-33-51-50(60-43-20-7-9-22-45(43)61(51)46-23-10-8-21-44(46)60)32-56(57)66-64(67)38-17-13-16-37(30-38)54-28-15-29-55(65-54)53-31-49-52(34-58(53)68)62-47-24-11-5-18-41(47)59(49)42-19-6-12-25-48(42)62/h5-36,59-62,68H,1-4H3. The molecule has 8 aromatic carbocycles. The first-order valence-electron chi connectivity index (χ1n) is 24.3. The number of imidazole rings is 1. The maximum atomic E-state index is 11.9. The third kappa shape index (κ3) is 5.49. The van der Waals surface area contributed by atoms with Crippen LogP contribution in [0.15, 0.2) is 182 Å². The van der Waals surface area contributed by atoms with Gasteiger partial charge >= 0.3 is 0 Å². The normalized spacial score (nSPS) is 17.7. The number of phenols is 1. The summed E-state index contributed by atoms with van der Waals surface area (Å²) >= 11 is 0. The first-order chi connectivity index (χ1) is 33.3. The highest BCUT2D eigenvalue weighted by Gasteiger charge is 2.43. The van der Waals surface area contributed by atoms with Crippen molar-refractivity contribution in [3.05, 3.63) is 260 Å². The van der Waals surface area contributed by atoms with Gasteiger partial charge in [-0.05, 0) is 132 Å². The number of benzene rings is 8. The fraction of sp³-hybridized carbons (Fsp3) is 0.156. The number of fused-ring (bicyclic) bond motifs is 1. The Bertz CT molecular complexity index is 3640. The van der Waals surface area contributed by atoms with Crippen LogP contribution in [0.3, 0.4) is 0 Å². The van der Waals surface area contributed by atoms with Crippen molar-refractivity contribution in [2.75, 3.05) is 0 Å². The molecule has 0 fully saturated rings. The van der Waals surface area contributed by atoms with Crippen LogP contribution in [0.1, 0.15) is 141 Å². The fourth-order valence-corrected chi connectivity index (χ4v) is 12.9. The van der Waals surface area contributed by atoms with Crippen molar-refractivity contribution in [3.63, 3.8) is 0 Å². The van der Waals surface area contributed by atoms with Crippen molar-refractivity contribution in [2.24, 2.45) is 0 Å². The molecule has 6 aliphatic carbocycles. The predicted octanol–water partition coefficient (Wildman–Crippen LogP) is 15.3. The molecule has 1 N–H and O–H groups in total. The highest BCUT2D eigenvalue weighted by Crippen LogP contribution is 2.58. The second kappa shape index (κ2) is 14.6. The first kappa shape index (κ1) is 39.4. The lowest BCUT2D eigenvalue weighted by atomic mass is 9.61. The Hall–Kier alpha value is -7.82. The van der Waals surface area contributed by atoms with Crippen LogP contribution < -0.4 is 0 Å². The Morgan fingerprint density at radius 2 is 0.824 bits per heavy atom. The van der Waals surface area contributed by atoms with E-state index in [0.717, 1.165) is 44.9 Å². The largest absolute Gasteiger partial charge is 0.507 e. The molecule has 68 heavy (non-hydrogen) atoms. The fourth-order valence-electron chi connectivity index (χ4n) is 12.9. The molecular weight excluding hydrogens is 827 g/mol. The van der Waals surface area contributed by atoms with Gasteiger partial charge in [-0.15, -0.1) is 0 Å². The lowest BCUT2D eigenvalue weighted by Crippen LogP contribution is -2.27. The molecule has 0 atom stereocenters. The van der Waals surface area contributed by atoms with Crippen LogP contribution in [0.4, 0.5) is 0 Å². The molecule has 0 radical (unpaired) electrons. The van der Waals surface area contributed by atoms with E-state index in [4.69, 9.17) is 9.97 Å². The molecule has 4 bridgehead atoms. The van der Waals surface area contributed by atoms with Crippen molar-refractivity contribution in [1.29, 1.82) is 0 Å². The van der Waals surface area contributed by atoms with Crippen molar-refractivity contribution in [1.82, 2.24) is 14.5 Å². The van der Waals surface area contributed by atoms with E-state index >= 15 is 0 Å². The van der Waals surface area contributed by atoms with Gasteiger partial charge in [-0.3, -0.25) is 4.57 Å². The zero-order valence-corrected chi connectivity index (χ0v) is 38.6. The van der Waals surface area contributed by atoms with Crippen LogP contribution in [-0.4, -0.2) is 19.6 Å². The molecule has 326 valence electrons. The summed E-state index contributed by atoms with van der Waals surface area (Å²) in [6.45, 7) is 9.22. The average Bonchev–Trinajstić information content (AvgIpc) is 3.75. The van der Waals surface area contributed by atoms with Gasteiger partial charge in [-0.25, -0.2) is 9.97 Å². The lowest BCUT2D eigenvalue weighted by Gasteiger charge is -2.42. The van der Waals surface area contributed by atoms with Crippen LogP contribution in [-0.2, 0) is 0 Å². The highest BCUT2D eigenvalue weighted by molar-refractivity contribution is 5.89. The van der Waals surface area contributed by atoms with Gasteiger partial charge in [0.05, 0.1) is 28.1 Å². The maximum absolute atomic E-state index is 11.9. The number of hydrogen-bond acceptors (Lipinski definition) is 3. The monoisotopic (exact) mass is 875 g/mol. The first-order valence-corrected chi connectivity index (χ1v) is 24.3. The van der Waals surface area contributed by atoms with E-state index in [1.54, 1.807) is 0 Å². The molecule has 0 saturated heterocycles. The summed E-state index contributed by atoms with van der Waals surface area (Å²) in [5.41, 5.74) is 26.5. The van der Waals surface area contributed by atoms with Gasteiger partial charge in [-0.1, -0.05) is 167 Å². The molecule has 0 spiro atoms. The summed E-state index contributed by atoms with van der Waals surface area (Å²) in [7, 11) is 0. The second-order valence-corrected chi connectivity index (χ2v) is 20.1. The minimum Gasteiger partial charge on any atom is -0.507 e. The van der Waals surface area contributed by atoms with Crippen molar-refractivity contribution >= 4 is 11.0 Å². The van der Waals surface area contributed by atoms with E-state index < -0.39 is 0 Å². The number of para-hydroxylation sites is 1. The number of pyridine rings is 1. The van der Waals surface area contributed by atoms with Crippen LogP contribution in [0.5, 0.6) is 5.75 Å². The smallest absolute Gasteiger partial charge is 0.145 e. The van der Waals surface area contributed by atoms with Crippen molar-refractivity contribution in [3.8, 4) is 45.3 Å². The number of phenolic OH excluding ortho intramolecular Hbond substituents is 1. The number of rotatable bonds is 6. The molecule has 0 unspecified atom stereocenters. The topological polar surface area (TPSA) is 50.9 Å². The zero-order valence-electron chi connectivity index (χ0n) is 38.6. The molecule has 0 saturated carbocycles. The Morgan fingerprint density at radius 1 is 0.397 bits per heavy atom. The van der Waals surface area contributed by atoms with Gasteiger partial charge in [0, 0.05) is 40.4 Å². The highest BCUT2D eigenvalue weighted by atomic mass is 16.3. The molecule has 2 heterocycles. The van der Waals surface area contributed by atoms with Gasteiger partial charge in [-0.2, -0.15) is 0 Å².